The van der Waals surface area contributed by atoms with Gasteiger partial charge >= 0.3 is 0 Å². The minimum Gasteiger partial charge on any atom is -0.385 e. The lowest BCUT2D eigenvalue weighted by Gasteiger charge is -2.44. The fourth-order valence-electron chi connectivity index (χ4n) is 2.82. The highest BCUT2D eigenvalue weighted by atomic mass is 32.2. The van der Waals surface area contributed by atoms with Gasteiger partial charge in [-0.3, -0.25) is 9.69 Å². The third-order valence-corrected chi connectivity index (χ3v) is 4.85. The predicted octanol–water partition coefficient (Wildman–Crippen LogP) is 0.379. The molecule has 1 heterocycles. The number of rotatable bonds is 7. The van der Waals surface area contributed by atoms with E-state index in [-0.39, 0.29) is 30.2 Å². The van der Waals surface area contributed by atoms with Crippen LogP contribution in [-0.4, -0.2) is 81.6 Å². The van der Waals surface area contributed by atoms with Crippen molar-refractivity contribution >= 4 is 15.7 Å². The number of piperazine rings is 1. The summed E-state index contributed by atoms with van der Waals surface area (Å²) in [5.74, 6) is -0.126. The smallest absolute Gasteiger partial charge is 0.223 e. The molecule has 1 saturated heterocycles. The van der Waals surface area contributed by atoms with Gasteiger partial charge in [0.25, 0.3) is 0 Å². The van der Waals surface area contributed by atoms with Crippen LogP contribution in [0.5, 0.6) is 0 Å². The summed E-state index contributed by atoms with van der Waals surface area (Å²) in [7, 11) is -1.38. The van der Waals surface area contributed by atoms with Gasteiger partial charge in [-0.15, -0.1) is 0 Å². The predicted molar refractivity (Wildman–Crippen MR) is 83.0 cm³/mol. The number of methoxy groups -OCH3 is 1. The average molecular weight is 320 g/mol. The van der Waals surface area contributed by atoms with Crippen molar-refractivity contribution < 1.29 is 17.9 Å². The molecule has 1 aliphatic rings. The van der Waals surface area contributed by atoms with E-state index in [1.807, 2.05) is 0 Å². The van der Waals surface area contributed by atoms with E-state index in [1.165, 1.54) is 6.26 Å². The molecule has 0 N–H and O–H groups in total. The van der Waals surface area contributed by atoms with Crippen LogP contribution < -0.4 is 0 Å². The Morgan fingerprint density at radius 3 is 2.29 bits per heavy atom. The van der Waals surface area contributed by atoms with Gasteiger partial charge in [-0.1, -0.05) is 0 Å². The Morgan fingerprint density at radius 1 is 1.24 bits per heavy atom. The van der Waals surface area contributed by atoms with Gasteiger partial charge in [0.1, 0.15) is 9.84 Å². The SMILES string of the molecule is COCCCN1C(C)CN(C(=O)CCS(C)(=O)=O)CC1C. The number of hydrogen-bond acceptors (Lipinski definition) is 5. The van der Waals surface area contributed by atoms with Crippen LogP contribution in [0.1, 0.15) is 26.7 Å². The van der Waals surface area contributed by atoms with E-state index in [4.69, 9.17) is 4.74 Å². The quantitative estimate of drug-likeness (QED) is 0.635. The third kappa shape index (κ3) is 6.32. The monoisotopic (exact) mass is 320 g/mol. The number of nitrogens with zero attached hydrogens (tertiary/aromatic N) is 2. The van der Waals surface area contributed by atoms with Crippen LogP contribution in [0, 0.1) is 0 Å². The molecule has 21 heavy (non-hydrogen) atoms. The molecule has 0 aliphatic carbocycles. The molecule has 0 saturated carbocycles. The first-order chi connectivity index (χ1) is 9.74. The molecule has 1 fully saturated rings. The molecule has 0 aromatic heterocycles. The van der Waals surface area contributed by atoms with Crippen molar-refractivity contribution in [2.45, 2.75) is 38.8 Å². The van der Waals surface area contributed by atoms with Crippen LogP contribution in [0.25, 0.3) is 0 Å². The zero-order valence-electron chi connectivity index (χ0n) is 13.5. The lowest BCUT2D eigenvalue weighted by atomic mass is 10.1. The van der Waals surface area contributed by atoms with Crippen molar-refractivity contribution in [3.8, 4) is 0 Å². The maximum absolute atomic E-state index is 12.1. The van der Waals surface area contributed by atoms with Crippen LogP contribution >= 0.6 is 0 Å². The second-order valence-corrected chi connectivity index (χ2v) is 8.22. The fraction of sp³-hybridized carbons (Fsp3) is 0.929. The van der Waals surface area contributed by atoms with Crippen LogP contribution in [0.3, 0.4) is 0 Å². The summed E-state index contributed by atoms with van der Waals surface area (Å²) in [5.41, 5.74) is 0. The molecule has 0 aromatic rings. The lowest BCUT2D eigenvalue weighted by molar-refractivity contribution is -0.135. The molecular weight excluding hydrogens is 292 g/mol. The van der Waals surface area contributed by atoms with E-state index in [9.17, 15) is 13.2 Å². The minimum absolute atomic E-state index is 0.0596. The molecule has 6 nitrogen and oxygen atoms in total. The van der Waals surface area contributed by atoms with Crippen molar-refractivity contribution in [3.05, 3.63) is 0 Å². The minimum atomic E-state index is -3.08. The van der Waals surface area contributed by atoms with Gasteiger partial charge < -0.3 is 9.64 Å². The molecule has 1 rings (SSSR count). The van der Waals surface area contributed by atoms with Gasteiger partial charge in [-0.2, -0.15) is 0 Å². The fourth-order valence-corrected chi connectivity index (χ4v) is 3.37. The zero-order valence-corrected chi connectivity index (χ0v) is 14.4. The lowest BCUT2D eigenvalue weighted by Crippen LogP contribution is -2.58. The molecular formula is C14H28N2O4S. The van der Waals surface area contributed by atoms with Gasteiger partial charge in [-0.05, 0) is 20.3 Å². The number of ether oxygens (including phenoxy) is 1. The first kappa shape index (κ1) is 18.4. The van der Waals surface area contributed by atoms with Crippen LogP contribution in [0.4, 0.5) is 0 Å². The van der Waals surface area contributed by atoms with Gasteiger partial charge in [0.2, 0.25) is 5.91 Å². The second-order valence-electron chi connectivity index (χ2n) is 5.96. The summed E-state index contributed by atoms with van der Waals surface area (Å²) < 4.78 is 27.4. The highest BCUT2D eigenvalue weighted by Gasteiger charge is 2.31. The Hall–Kier alpha value is -0.660. The number of carbonyl (C=O) groups excluding carboxylic acids is 1. The summed E-state index contributed by atoms with van der Waals surface area (Å²) in [6.45, 7) is 7.26. The zero-order chi connectivity index (χ0) is 16.0. The highest BCUT2D eigenvalue weighted by Crippen LogP contribution is 2.17. The number of amides is 1. The van der Waals surface area contributed by atoms with E-state index in [0.29, 0.717) is 13.1 Å². The molecule has 7 heteroatoms. The summed E-state index contributed by atoms with van der Waals surface area (Å²) in [6, 6.07) is 0.570. The van der Waals surface area contributed by atoms with E-state index in [1.54, 1.807) is 12.0 Å². The summed E-state index contributed by atoms with van der Waals surface area (Å²) >= 11 is 0. The molecule has 2 atom stereocenters. The molecule has 1 amide bonds. The molecule has 0 aromatic carbocycles. The maximum atomic E-state index is 12.1. The topological polar surface area (TPSA) is 66.9 Å². The summed E-state index contributed by atoms with van der Waals surface area (Å²) in [4.78, 5) is 16.3. The van der Waals surface area contributed by atoms with Crippen molar-refractivity contribution in [2.75, 3.05) is 45.4 Å². The Bertz CT molecular complexity index is 426. The van der Waals surface area contributed by atoms with Gasteiger partial charge in [0, 0.05) is 58.1 Å². The van der Waals surface area contributed by atoms with Crippen LogP contribution in [-0.2, 0) is 19.4 Å². The highest BCUT2D eigenvalue weighted by molar-refractivity contribution is 7.90. The van der Waals surface area contributed by atoms with Gasteiger partial charge in [0.05, 0.1) is 5.75 Å². The van der Waals surface area contributed by atoms with Crippen molar-refractivity contribution in [1.82, 2.24) is 9.80 Å². The third-order valence-electron chi connectivity index (χ3n) is 3.91. The number of hydrogen-bond donors (Lipinski definition) is 0. The largest absolute Gasteiger partial charge is 0.385 e. The first-order valence-corrected chi connectivity index (χ1v) is 9.51. The van der Waals surface area contributed by atoms with Crippen LogP contribution in [0.15, 0.2) is 0 Å². The second kappa shape index (κ2) is 8.10. The van der Waals surface area contributed by atoms with Crippen molar-refractivity contribution in [2.24, 2.45) is 0 Å². The molecule has 0 spiro atoms. The number of carbonyl (C=O) groups is 1. The van der Waals surface area contributed by atoms with E-state index < -0.39 is 9.84 Å². The van der Waals surface area contributed by atoms with E-state index >= 15 is 0 Å². The first-order valence-electron chi connectivity index (χ1n) is 7.44. The normalized spacial score (nSPS) is 24.3. The Morgan fingerprint density at radius 2 is 1.81 bits per heavy atom. The number of sulfone groups is 1. The molecule has 1 aliphatic heterocycles. The molecule has 124 valence electrons. The Balaban J connectivity index is 2.50. The average Bonchev–Trinajstić information content (AvgIpc) is 2.38. The van der Waals surface area contributed by atoms with Gasteiger partial charge in [-0.25, -0.2) is 8.42 Å². The molecule has 0 radical (unpaired) electrons. The molecule has 2 unspecified atom stereocenters. The summed E-state index contributed by atoms with van der Waals surface area (Å²) in [6.07, 6.45) is 2.23. The van der Waals surface area contributed by atoms with E-state index in [2.05, 4.69) is 18.7 Å². The van der Waals surface area contributed by atoms with Gasteiger partial charge in [0.15, 0.2) is 0 Å². The molecule has 0 bridgehead atoms. The maximum Gasteiger partial charge on any atom is 0.223 e. The van der Waals surface area contributed by atoms with E-state index in [0.717, 1.165) is 19.6 Å². The van der Waals surface area contributed by atoms with Crippen molar-refractivity contribution in [3.63, 3.8) is 0 Å². The van der Waals surface area contributed by atoms with Crippen molar-refractivity contribution in [1.29, 1.82) is 0 Å². The summed E-state index contributed by atoms with van der Waals surface area (Å²) in [5, 5.41) is 0. The Kier molecular flexibility index (Phi) is 7.09. The van der Waals surface area contributed by atoms with Crippen LogP contribution in [0.2, 0.25) is 0 Å². The Labute approximate surface area is 128 Å². The standard InChI is InChI=1S/C14H28N2O4S/c1-12-10-15(14(17)6-9-21(4,18)19)11-13(2)16(12)7-5-8-20-3/h12-13H,5-11H2,1-4H3.